The number of para-hydroxylation sites is 1. The van der Waals surface area contributed by atoms with Crippen molar-refractivity contribution in [2.75, 3.05) is 31.1 Å². The fourth-order valence-electron chi connectivity index (χ4n) is 3.40. The van der Waals surface area contributed by atoms with Crippen LogP contribution in [0.5, 0.6) is 0 Å². The first kappa shape index (κ1) is 17.4. The summed E-state index contributed by atoms with van der Waals surface area (Å²) in [4.78, 5) is 4.89. The first-order valence-corrected chi connectivity index (χ1v) is 9.46. The smallest absolute Gasteiger partial charge is 0.0710 e. The van der Waals surface area contributed by atoms with Crippen LogP contribution in [0.15, 0.2) is 54.7 Å². The zero-order chi connectivity index (χ0) is 17.9. The van der Waals surface area contributed by atoms with Gasteiger partial charge < -0.3 is 4.90 Å². The summed E-state index contributed by atoms with van der Waals surface area (Å²) in [5, 5.41) is 8.60. The van der Waals surface area contributed by atoms with Crippen molar-refractivity contribution in [2.24, 2.45) is 0 Å². The van der Waals surface area contributed by atoms with Crippen LogP contribution in [-0.2, 0) is 6.54 Å². The average molecular weight is 387 g/mol. The van der Waals surface area contributed by atoms with E-state index in [-0.39, 0.29) is 0 Å². The summed E-state index contributed by atoms with van der Waals surface area (Å²) in [6.45, 7) is 4.95. The minimum absolute atomic E-state index is 0.636. The average Bonchev–Trinajstić information content (AvgIpc) is 3.11. The van der Waals surface area contributed by atoms with Gasteiger partial charge in [0.15, 0.2) is 0 Å². The molecule has 1 N–H and O–H groups in total. The van der Waals surface area contributed by atoms with Crippen molar-refractivity contribution in [1.82, 2.24) is 15.1 Å². The Hall–Kier alpha value is -2.01. The number of aromatic amines is 1. The molecule has 0 saturated carbocycles. The van der Waals surface area contributed by atoms with Crippen molar-refractivity contribution in [3.05, 3.63) is 70.3 Å². The van der Waals surface area contributed by atoms with Gasteiger partial charge in [0.1, 0.15) is 0 Å². The summed E-state index contributed by atoms with van der Waals surface area (Å²) in [5.41, 5.74) is 4.36. The van der Waals surface area contributed by atoms with Gasteiger partial charge in [-0.3, -0.25) is 10.00 Å². The van der Waals surface area contributed by atoms with Gasteiger partial charge in [-0.05, 0) is 30.3 Å². The molecule has 0 unspecified atom stereocenters. The molecular formula is C20H20Cl2N4. The second kappa shape index (κ2) is 7.70. The fourth-order valence-corrected chi connectivity index (χ4v) is 3.90. The van der Waals surface area contributed by atoms with E-state index >= 15 is 0 Å². The summed E-state index contributed by atoms with van der Waals surface area (Å²) in [5.74, 6) is 0. The van der Waals surface area contributed by atoms with Crippen LogP contribution in [0, 0.1) is 0 Å². The third kappa shape index (κ3) is 3.73. The molecule has 3 aromatic rings. The lowest BCUT2D eigenvalue weighted by Crippen LogP contribution is -2.45. The van der Waals surface area contributed by atoms with Crippen LogP contribution in [-0.4, -0.2) is 41.3 Å². The van der Waals surface area contributed by atoms with E-state index in [1.807, 2.05) is 18.3 Å². The first-order chi connectivity index (χ1) is 12.7. The van der Waals surface area contributed by atoms with Crippen molar-refractivity contribution < 1.29 is 0 Å². The van der Waals surface area contributed by atoms with Gasteiger partial charge in [0.05, 0.1) is 16.9 Å². The van der Waals surface area contributed by atoms with Crippen LogP contribution >= 0.6 is 23.2 Å². The van der Waals surface area contributed by atoms with Gasteiger partial charge in [0.25, 0.3) is 0 Å². The Labute approximate surface area is 163 Å². The fraction of sp³-hybridized carbons (Fsp3) is 0.250. The Balaban J connectivity index is 1.44. The van der Waals surface area contributed by atoms with Crippen molar-refractivity contribution in [1.29, 1.82) is 0 Å². The summed E-state index contributed by atoms with van der Waals surface area (Å²) >= 11 is 12.4. The van der Waals surface area contributed by atoms with Gasteiger partial charge in [-0.1, -0.05) is 41.4 Å². The zero-order valence-corrected chi connectivity index (χ0v) is 15.8. The molecule has 2 aromatic carbocycles. The highest BCUT2D eigenvalue weighted by Gasteiger charge is 2.20. The Bertz CT molecular complexity index is 871. The van der Waals surface area contributed by atoms with Crippen molar-refractivity contribution >= 4 is 28.9 Å². The molecule has 0 atom stereocenters. The Morgan fingerprint density at radius 3 is 2.46 bits per heavy atom. The number of aromatic nitrogens is 2. The monoisotopic (exact) mass is 386 g/mol. The number of hydrogen-bond acceptors (Lipinski definition) is 3. The molecule has 6 heteroatoms. The van der Waals surface area contributed by atoms with Crippen LogP contribution in [0.2, 0.25) is 10.0 Å². The Morgan fingerprint density at radius 1 is 0.962 bits per heavy atom. The molecule has 4 nitrogen and oxygen atoms in total. The number of hydrogen-bond donors (Lipinski definition) is 1. The van der Waals surface area contributed by atoms with Crippen LogP contribution in [0.4, 0.5) is 5.69 Å². The minimum Gasteiger partial charge on any atom is -0.369 e. The highest BCUT2D eigenvalue weighted by molar-refractivity contribution is 6.36. The minimum atomic E-state index is 0.636. The number of halogens is 2. The summed E-state index contributed by atoms with van der Waals surface area (Å²) < 4.78 is 0. The summed E-state index contributed by atoms with van der Waals surface area (Å²) in [6, 6.07) is 16.1. The second-order valence-corrected chi connectivity index (χ2v) is 7.34. The van der Waals surface area contributed by atoms with Crippen LogP contribution in [0.1, 0.15) is 5.56 Å². The molecule has 0 spiro atoms. The molecule has 1 aromatic heterocycles. The topological polar surface area (TPSA) is 35.2 Å². The number of rotatable bonds is 4. The maximum atomic E-state index is 6.37. The maximum Gasteiger partial charge on any atom is 0.0710 e. The van der Waals surface area contributed by atoms with Crippen LogP contribution in [0.25, 0.3) is 11.3 Å². The molecule has 0 amide bonds. The molecule has 1 saturated heterocycles. The molecule has 134 valence electrons. The number of nitrogens with one attached hydrogen (secondary N) is 1. The van der Waals surface area contributed by atoms with Crippen LogP contribution in [0.3, 0.4) is 0 Å². The molecule has 4 rings (SSSR count). The third-order valence-corrected chi connectivity index (χ3v) is 5.35. The van der Waals surface area contributed by atoms with Gasteiger partial charge in [0, 0.05) is 54.6 Å². The lowest BCUT2D eigenvalue weighted by molar-refractivity contribution is 0.250. The zero-order valence-electron chi connectivity index (χ0n) is 14.3. The predicted molar refractivity (Wildman–Crippen MR) is 108 cm³/mol. The maximum absolute atomic E-state index is 6.37. The molecule has 0 bridgehead atoms. The number of piperazine rings is 1. The third-order valence-electron chi connectivity index (χ3n) is 4.81. The molecular weight excluding hydrogens is 367 g/mol. The lowest BCUT2D eigenvalue weighted by atomic mass is 10.1. The molecule has 0 aliphatic carbocycles. The molecule has 0 radical (unpaired) electrons. The Morgan fingerprint density at radius 2 is 1.73 bits per heavy atom. The summed E-state index contributed by atoms with van der Waals surface area (Å²) in [6.07, 6.45) is 1.89. The van der Waals surface area contributed by atoms with Crippen molar-refractivity contribution in [3.8, 4) is 11.3 Å². The molecule has 1 aliphatic rings. The molecule has 2 heterocycles. The largest absolute Gasteiger partial charge is 0.369 e. The van der Waals surface area contributed by atoms with Crippen molar-refractivity contribution in [2.45, 2.75) is 6.54 Å². The number of anilines is 1. The standard InChI is InChI=1S/C20H20Cl2N4/c21-16-6-7-18(19(22)12-16)20-15(13-23-24-20)14-25-8-10-26(11-9-25)17-4-2-1-3-5-17/h1-7,12-13H,8-11,14H2,(H,23,24). The van der Waals surface area contributed by atoms with Gasteiger partial charge in [0.2, 0.25) is 0 Å². The van der Waals surface area contributed by atoms with E-state index in [0.29, 0.717) is 10.0 Å². The number of H-pyrrole nitrogens is 1. The quantitative estimate of drug-likeness (QED) is 0.705. The predicted octanol–water partition coefficient (Wildman–Crippen LogP) is 4.71. The van der Waals surface area contributed by atoms with E-state index < -0.39 is 0 Å². The van der Waals surface area contributed by atoms with Crippen molar-refractivity contribution in [3.63, 3.8) is 0 Å². The van der Waals surface area contributed by atoms with Gasteiger partial charge in [-0.15, -0.1) is 0 Å². The normalized spacial score (nSPS) is 15.4. The first-order valence-electron chi connectivity index (χ1n) is 8.71. The number of benzene rings is 2. The van der Waals surface area contributed by atoms with E-state index in [9.17, 15) is 0 Å². The van der Waals surface area contributed by atoms with Gasteiger partial charge in [-0.25, -0.2) is 0 Å². The molecule has 1 fully saturated rings. The van der Waals surface area contributed by atoms with Gasteiger partial charge in [-0.2, -0.15) is 5.10 Å². The van der Waals surface area contributed by atoms with Gasteiger partial charge >= 0.3 is 0 Å². The van der Waals surface area contributed by atoms with E-state index in [2.05, 4.69) is 50.3 Å². The molecule has 26 heavy (non-hydrogen) atoms. The number of nitrogens with zero attached hydrogens (tertiary/aromatic N) is 3. The summed E-state index contributed by atoms with van der Waals surface area (Å²) in [7, 11) is 0. The lowest BCUT2D eigenvalue weighted by Gasteiger charge is -2.36. The van der Waals surface area contributed by atoms with E-state index in [1.165, 1.54) is 5.69 Å². The van der Waals surface area contributed by atoms with E-state index in [0.717, 1.165) is 49.5 Å². The van der Waals surface area contributed by atoms with E-state index in [4.69, 9.17) is 23.2 Å². The highest BCUT2D eigenvalue weighted by atomic mass is 35.5. The Kier molecular flexibility index (Phi) is 5.16. The van der Waals surface area contributed by atoms with Crippen LogP contribution < -0.4 is 4.90 Å². The SMILES string of the molecule is Clc1ccc(-c2[nH]ncc2CN2CCN(c3ccccc3)CC2)c(Cl)c1. The second-order valence-electron chi connectivity index (χ2n) is 6.49. The highest BCUT2D eigenvalue weighted by Crippen LogP contribution is 2.31. The molecule has 1 aliphatic heterocycles. The van der Waals surface area contributed by atoms with E-state index in [1.54, 1.807) is 6.07 Å².